The molecule has 2 atom stereocenters. The summed E-state index contributed by atoms with van der Waals surface area (Å²) in [4.78, 5) is 11.5. The lowest BCUT2D eigenvalue weighted by Crippen LogP contribution is -2.42. The molecule has 6 heteroatoms. The van der Waals surface area contributed by atoms with Gasteiger partial charge in [0.25, 0.3) is 0 Å². The summed E-state index contributed by atoms with van der Waals surface area (Å²) in [7, 11) is 2.15. The van der Waals surface area contributed by atoms with Crippen LogP contribution in [0.3, 0.4) is 0 Å². The van der Waals surface area contributed by atoms with Crippen LogP contribution in [0.4, 0.5) is 0 Å². The fourth-order valence-corrected chi connectivity index (χ4v) is 5.38. The molecule has 0 spiro atoms. The number of thiophene rings is 1. The maximum absolute atomic E-state index is 5.56. The Morgan fingerprint density at radius 3 is 2.97 bits per heavy atom. The van der Waals surface area contributed by atoms with E-state index in [9.17, 15) is 0 Å². The molecule has 1 N–H and O–H groups in total. The summed E-state index contributed by atoms with van der Waals surface area (Å²) < 4.78 is 5.56. The second kappa shape index (κ2) is 10.4. The van der Waals surface area contributed by atoms with Crippen LogP contribution in [0.2, 0.25) is 0 Å². The van der Waals surface area contributed by atoms with Gasteiger partial charge < -0.3 is 15.0 Å². The van der Waals surface area contributed by atoms with Crippen LogP contribution in [0.15, 0.2) is 46.8 Å². The molecule has 2 aliphatic heterocycles. The van der Waals surface area contributed by atoms with Crippen molar-refractivity contribution < 1.29 is 4.74 Å². The van der Waals surface area contributed by atoms with Gasteiger partial charge in [0.05, 0.1) is 19.2 Å². The van der Waals surface area contributed by atoms with Crippen molar-refractivity contribution in [1.82, 2.24) is 15.1 Å². The van der Waals surface area contributed by atoms with Crippen molar-refractivity contribution in [3.8, 4) is 0 Å². The van der Waals surface area contributed by atoms with Gasteiger partial charge in [-0.1, -0.05) is 30.3 Å². The number of nitrogens with one attached hydrogen (secondary N) is 1. The number of nitrogens with zero attached hydrogens (tertiary/aromatic N) is 3. The number of hydrogen-bond donors (Lipinski definition) is 1. The largest absolute Gasteiger partial charge is 0.381 e. The zero-order valence-corrected chi connectivity index (χ0v) is 19.0. The SMILES string of the molecule is CCNC(=NCC(c1ccccc1)N1CCc2sccc2C1)N(C)CC1CCOC1. The second-order valence-electron chi connectivity index (χ2n) is 8.32. The third-order valence-corrected chi connectivity index (χ3v) is 7.15. The minimum atomic E-state index is 0.288. The lowest BCUT2D eigenvalue weighted by atomic mass is 10.0. The topological polar surface area (TPSA) is 40.1 Å². The normalized spacial score (nSPS) is 20.7. The Kier molecular flexibility index (Phi) is 7.42. The van der Waals surface area contributed by atoms with E-state index in [1.165, 1.54) is 11.1 Å². The summed E-state index contributed by atoms with van der Waals surface area (Å²) in [5, 5.41) is 5.73. The fraction of sp³-hybridized carbons (Fsp3) is 0.542. The molecule has 1 fully saturated rings. The lowest BCUT2D eigenvalue weighted by Gasteiger charge is -2.34. The van der Waals surface area contributed by atoms with Crippen LogP contribution in [0.25, 0.3) is 0 Å². The van der Waals surface area contributed by atoms with Crippen LogP contribution in [-0.4, -0.2) is 62.2 Å². The first-order valence-electron chi connectivity index (χ1n) is 11.2. The van der Waals surface area contributed by atoms with Gasteiger partial charge in [-0.15, -0.1) is 11.3 Å². The van der Waals surface area contributed by atoms with Crippen LogP contribution in [0.5, 0.6) is 0 Å². The Morgan fingerprint density at radius 1 is 1.33 bits per heavy atom. The number of ether oxygens (including phenoxy) is 1. The van der Waals surface area contributed by atoms with Gasteiger partial charge in [-0.3, -0.25) is 9.89 Å². The summed E-state index contributed by atoms with van der Waals surface area (Å²) in [5.74, 6) is 1.60. The summed E-state index contributed by atoms with van der Waals surface area (Å²) in [6, 6.07) is 13.5. The van der Waals surface area contributed by atoms with E-state index in [2.05, 4.69) is 70.9 Å². The Labute approximate surface area is 184 Å². The molecule has 1 aromatic carbocycles. The molecular formula is C24H34N4OS. The zero-order valence-electron chi connectivity index (χ0n) is 18.2. The maximum Gasteiger partial charge on any atom is 0.193 e. The summed E-state index contributed by atoms with van der Waals surface area (Å²) >= 11 is 1.90. The number of hydrogen-bond acceptors (Lipinski definition) is 4. The fourth-order valence-electron chi connectivity index (χ4n) is 4.49. The summed E-state index contributed by atoms with van der Waals surface area (Å²) in [5.41, 5.74) is 2.84. The summed E-state index contributed by atoms with van der Waals surface area (Å²) in [6.07, 6.45) is 2.29. The number of rotatable bonds is 7. The molecule has 1 saturated heterocycles. The van der Waals surface area contributed by atoms with E-state index in [0.717, 1.165) is 64.7 Å². The molecule has 5 nitrogen and oxygen atoms in total. The molecule has 0 aliphatic carbocycles. The van der Waals surface area contributed by atoms with Crippen LogP contribution in [0.1, 0.15) is 35.4 Å². The predicted molar refractivity (Wildman–Crippen MR) is 125 cm³/mol. The van der Waals surface area contributed by atoms with Gasteiger partial charge in [0.2, 0.25) is 0 Å². The van der Waals surface area contributed by atoms with Gasteiger partial charge in [0.15, 0.2) is 5.96 Å². The van der Waals surface area contributed by atoms with Crippen molar-refractivity contribution in [3.63, 3.8) is 0 Å². The van der Waals surface area contributed by atoms with Crippen molar-refractivity contribution in [2.45, 2.75) is 32.4 Å². The van der Waals surface area contributed by atoms with Gasteiger partial charge in [0, 0.05) is 50.6 Å². The first-order valence-corrected chi connectivity index (χ1v) is 12.0. The van der Waals surface area contributed by atoms with Crippen LogP contribution in [0, 0.1) is 5.92 Å². The Morgan fingerprint density at radius 2 is 2.20 bits per heavy atom. The molecule has 30 heavy (non-hydrogen) atoms. The molecule has 0 saturated carbocycles. The van der Waals surface area contributed by atoms with E-state index < -0.39 is 0 Å². The summed E-state index contributed by atoms with van der Waals surface area (Å²) in [6.45, 7) is 8.63. The van der Waals surface area contributed by atoms with Crippen molar-refractivity contribution in [1.29, 1.82) is 0 Å². The molecule has 162 valence electrons. The van der Waals surface area contributed by atoms with E-state index in [1.54, 1.807) is 4.88 Å². The zero-order chi connectivity index (χ0) is 20.8. The molecule has 1 aromatic heterocycles. The highest BCUT2D eigenvalue weighted by atomic mass is 32.1. The van der Waals surface area contributed by atoms with E-state index >= 15 is 0 Å². The molecule has 0 radical (unpaired) electrons. The highest BCUT2D eigenvalue weighted by molar-refractivity contribution is 7.10. The van der Waals surface area contributed by atoms with E-state index in [4.69, 9.17) is 9.73 Å². The Hall–Kier alpha value is -1.89. The molecule has 3 heterocycles. The molecule has 2 aromatic rings. The smallest absolute Gasteiger partial charge is 0.193 e. The number of fused-ring (bicyclic) bond motifs is 1. The number of benzene rings is 1. The molecule has 0 amide bonds. The van der Waals surface area contributed by atoms with Crippen LogP contribution in [-0.2, 0) is 17.7 Å². The van der Waals surface area contributed by atoms with Crippen molar-refractivity contribution in [2.24, 2.45) is 10.9 Å². The molecule has 0 bridgehead atoms. The lowest BCUT2D eigenvalue weighted by molar-refractivity contribution is 0.180. The third kappa shape index (κ3) is 5.23. The van der Waals surface area contributed by atoms with Gasteiger partial charge in [0.1, 0.15) is 0 Å². The van der Waals surface area contributed by atoms with Gasteiger partial charge in [-0.05, 0) is 42.3 Å². The molecule has 4 rings (SSSR count). The van der Waals surface area contributed by atoms with Gasteiger partial charge in [-0.2, -0.15) is 0 Å². The Balaban J connectivity index is 1.51. The third-order valence-electron chi connectivity index (χ3n) is 6.13. The highest BCUT2D eigenvalue weighted by Crippen LogP contribution is 2.30. The van der Waals surface area contributed by atoms with Gasteiger partial charge in [-0.25, -0.2) is 0 Å². The van der Waals surface area contributed by atoms with Crippen molar-refractivity contribution in [2.75, 3.05) is 46.4 Å². The molecule has 2 aliphatic rings. The van der Waals surface area contributed by atoms with Gasteiger partial charge >= 0.3 is 0 Å². The number of guanidine groups is 1. The molecular weight excluding hydrogens is 392 g/mol. The standard InChI is InChI=1S/C24H34N4OS/c1-3-25-24(27(2)16-19-10-13-29-18-19)26-15-22(20-7-5-4-6-8-20)28-12-9-23-21(17-28)11-14-30-23/h4-8,11,14,19,22H,3,9-10,12-13,15-18H2,1-2H3,(H,25,26). The van der Waals surface area contributed by atoms with E-state index in [0.29, 0.717) is 5.92 Å². The highest BCUT2D eigenvalue weighted by Gasteiger charge is 2.26. The first kappa shape index (κ1) is 21.3. The van der Waals surface area contributed by atoms with Crippen LogP contribution < -0.4 is 5.32 Å². The second-order valence-corrected chi connectivity index (χ2v) is 9.32. The average Bonchev–Trinajstić information content (AvgIpc) is 3.45. The van der Waals surface area contributed by atoms with Crippen LogP contribution >= 0.6 is 11.3 Å². The van der Waals surface area contributed by atoms with Crippen molar-refractivity contribution in [3.05, 3.63) is 57.8 Å². The number of aliphatic imine (C=N–C) groups is 1. The Bertz CT molecular complexity index is 816. The molecule has 2 unspecified atom stereocenters. The van der Waals surface area contributed by atoms with E-state index in [1.807, 2.05) is 11.3 Å². The minimum Gasteiger partial charge on any atom is -0.381 e. The van der Waals surface area contributed by atoms with E-state index in [-0.39, 0.29) is 6.04 Å². The minimum absolute atomic E-state index is 0.288. The maximum atomic E-state index is 5.56. The monoisotopic (exact) mass is 426 g/mol. The average molecular weight is 427 g/mol. The first-order chi connectivity index (χ1) is 14.7. The van der Waals surface area contributed by atoms with Crippen molar-refractivity contribution >= 4 is 17.3 Å². The quantitative estimate of drug-likeness (QED) is 0.540. The predicted octanol–water partition coefficient (Wildman–Crippen LogP) is 3.78.